The van der Waals surface area contributed by atoms with Gasteiger partial charge in [-0.3, -0.25) is 4.79 Å². The van der Waals surface area contributed by atoms with Gasteiger partial charge in [0, 0.05) is 29.2 Å². The SMILES string of the molecule is O=Cc1cn(Cc2cccc(C(F)(F)F)c2)c2ccccc12. The second kappa shape index (κ2) is 5.33. The van der Waals surface area contributed by atoms with Crippen LogP contribution in [0.3, 0.4) is 0 Å². The standard InChI is InChI=1S/C17H12F3NO/c18-17(19,20)14-5-3-4-12(8-14)9-21-10-13(11-22)15-6-1-2-7-16(15)21/h1-8,10-11H,9H2. The van der Waals surface area contributed by atoms with Crippen molar-refractivity contribution in [3.63, 3.8) is 0 Å². The average Bonchev–Trinajstić information content (AvgIpc) is 2.85. The van der Waals surface area contributed by atoms with E-state index in [0.717, 1.165) is 29.3 Å². The first-order valence-electron chi connectivity index (χ1n) is 6.68. The zero-order valence-corrected chi connectivity index (χ0v) is 11.5. The molecular weight excluding hydrogens is 291 g/mol. The van der Waals surface area contributed by atoms with E-state index in [0.29, 0.717) is 11.1 Å². The largest absolute Gasteiger partial charge is 0.416 e. The second-order valence-corrected chi connectivity index (χ2v) is 5.05. The molecule has 0 N–H and O–H groups in total. The summed E-state index contributed by atoms with van der Waals surface area (Å²) in [5.41, 5.74) is 1.22. The van der Waals surface area contributed by atoms with Gasteiger partial charge in [-0.25, -0.2) is 0 Å². The Kier molecular flexibility index (Phi) is 3.48. The van der Waals surface area contributed by atoms with Gasteiger partial charge in [0.1, 0.15) is 0 Å². The van der Waals surface area contributed by atoms with Gasteiger partial charge in [0.25, 0.3) is 0 Å². The lowest BCUT2D eigenvalue weighted by molar-refractivity contribution is -0.137. The number of benzene rings is 2. The van der Waals surface area contributed by atoms with Crippen LogP contribution in [-0.2, 0) is 12.7 Å². The van der Waals surface area contributed by atoms with Crippen molar-refractivity contribution in [1.29, 1.82) is 0 Å². The summed E-state index contributed by atoms with van der Waals surface area (Å²) in [6.07, 6.45) is -1.94. The molecule has 0 aliphatic carbocycles. The van der Waals surface area contributed by atoms with Crippen LogP contribution < -0.4 is 0 Å². The monoisotopic (exact) mass is 303 g/mol. The van der Waals surface area contributed by atoms with Gasteiger partial charge in [-0.1, -0.05) is 30.3 Å². The highest BCUT2D eigenvalue weighted by Gasteiger charge is 2.30. The van der Waals surface area contributed by atoms with Gasteiger partial charge < -0.3 is 4.57 Å². The van der Waals surface area contributed by atoms with Crippen LogP contribution >= 0.6 is 0 Å². The van der Waals surface area contributed by atoms with Gasteiger partial charge in [0.15, 0.2) is 6.29 Å². The number of fused-ring (bicyclic) bond motifs is 1. The van der Waals surface area contributed by atoms with E-state index in [-0.39, 0.29) is 6.54 Å². The molecule has 0 aliphatic heterocycles. The number of nitrogens with zero attached hydrogens (tertiary/aromatic N) is 1. The predicted octanol–water partition coefficient (Wildman–Crippen LogP) is 4.52. The normalized spacial score (nSPS) is 11.8. The molecule has 2 nitrogen and oxygen atoms in total. The van der Waals surface area contributed by atoms with E-state index in [1.807, 2.05) is 24.3 Å². The van der Waals surface area contributed by atoms with Gasteiger partial charge in [-0.2, -0.15) is 13.2 Å². The predicted molar refractivity (Wildman–Crippen MR) is 77.9 cm³/mol. The third kappa shape index (κ3) is 2.62. The van der Waals surface area contributed by atoms with Crippen LogP contribution in [0.1, 0.15) is 21.5 Å². The fourth-order valence-electron chi connectivity index (χ4n) is 2.54. The lowest BCUT2D eigenvalue weighted by Gasteiger charge is -2.10. The van der Waals surface area contributed by atoms with Crippen LogP contribution in [0.25, 0.3) is 10.9 Å². The van der Waals surface area contributed by atoms with Crippen molar-refractivity contribution in [1.82, 2.24) is 4.57 Å². The van der Waals surface area contributed by atoms with Crippen LogP contribution in [0.4, 0.5) is 13.2 Å². The molecule has 5 heteroatoms. The number of halogens is 3. The summed E-state index contributed by atoms with van der Waals surface area (Å²) in [6, 6.07) is 12.5. The molecule has 3 aromatic rings. The zero-order chi connectivity index (χ0) is 15.7. The number of aldehydes is 1. The Morgan fingerprint density at radius 1 is 1.05 bits per heavy atom. The smallest absolute Gasteiger partial charge is 0.342 e. The molecular formula is C17H12F3NO. The number of para-hydroxylation sites is 1. The maximum Gasteiger partial charge on any atom is 0.416 e. The summed E-state index contributed by atoms with van der Waals surface area (Å²) in [5, 5.41) is 0.796. The lowest BCUT2D eigenvalue weighted by atomic mass is 10.1. The number of hydrogen-bond acceptors (Lipinski definition) is 1. The molecule has 0 unspecified atom stereocenters. The number of alkyl halides is 3. The minimum Gasteiger partial charge on any atom is -0.342 e. The third-order valence-electron chi connectivity index (χ3n) is 3.55. The highest BCUT2D eigenvalue weighted by Crippen LogP contribution is 2.30. The van der Waals surface area contributed by atoms with E-state index >= 15 is 0 Å². The van der Waals surface area contributed by atoms with Gasteiger partial charge in [0.2, 0.25) is 0 Å². The molecule has 0 bridgehead atoms. The van der Waals surface area contributed by atoms with E-state index in [9.17, 15) is 18.0 Å². The Morgan fingerprint density at radius 2 is 1.82 bits per heavy atom. The minimum absolute atomic E-state index is 0.276. The van der Waals surface area contributed by atoms with Crippen molar-refractivity contribution in [2.45, 2.75) is 12.7 Å². The summed E-state index contributed by atoms with van der Waals surface area (Å²) < 4.78 is 40.1. The molecule has 0 aliphatic rings. The highest BCUT2D eigenvalue weighted by atomic mass is 19.4. The molecule has 1 heterocycles. The molecule has 0 saturated carbocycles. The highest BCUT2D eigenvalue weighted by molar-refractivity contribution is 5.97. The first-order chi connectivity index (χ1) is 10.5. The Labute approximate surface area is 124 Å². The quantitative estimate of drug-likeness (QED) is 0.652. The van der Waals surface area contributed by atoms with Crippen molar-refractivity contribution in [3.05, 3.63) is 71.4 Å². The average molecular weight is 303 g/mol. The fraction of sp³-hybridized carbons (Fsp3) is 0.118. The van der Waals surface area contributed by atoms with E-state index < -0.39 is 11.7 Å². The second-order valence-electron chi connectivity index (χ2n) is 5.05. The minimum atomic E-state index is -4.36. The molecule has 0 saturated heterocycles. The van der Waals surface area contributed by atoms with E-state index in [4.69, 9.17) is 0 Å². The Hall–Kier alpha value is -2.56. The maximum absolute atomic E-state index is 12.8. The first kappa shape index (κ1) is 14.4. The molecule has 0 radical (unpaired) electrons. The Balaban J connectivity index is 2.02. The van der Waals surface area contributed by atoms with Crippen molar-refractivity contribution >= 4 is 17.2 Å². The van der Waals surface area contributed by atoms with Gasteiger partial charge in [-0.15, -0.1) is 0 Å². The molecule has 22 heavy (non-hydrogen) atoms. The van der Waals surface area contributed by atoms with E-state index in [1.54, 1.807) is 16.8 Å². The van der Waals surface area contributed by atoms with Crippen LogP contribution in [0.5, 0.6) is 0 Å². The zero-order valence-electron chi connectivity index (χ0n) is 11.5. The number of carbonyl (C=O) groups is 1. The Bertz CT molecular complexity index is 833. The number of aromatic nitrogens is 1. The molecule has 2 aromatic carbocycles. The van der Waals surface area contributed by atoms with Crippen LogP contribution in [0, 0.1) is 0 Å². The van der Waals surface area contributed by atoms with Crippen LogP contribution in [-0.4, -0.2) is 10.9 Å². The fourth-order valence-corrected chi connectivity index (χ4v) is 2.54. The van der Waals surface area contributed by atoms with E-state index in [2.05, 4.69) is 0 Å². The summed E-state index contributed by atoms with van der Waals surface area (Å²) in [4.78, 5) is 11.1. The molecule has 1 aromatic heterocycles. The molecule has 3 rings (SSSR count). The van der Waals surface area contributed by atoms with Crippen molar-refractivity contribution in [2.75, 3.05) is 0 Å². The molecule has 112 valence electrons. The summed E-state index contributed by atoms with van der Waals surface area (Å²) in [7, 11) is 0. The van der Waals surface area contributed by atoms with Crippen LogP contribution in [0.15, 0.2) is 54.7 Å². The van der Waals surface area contributed by atoms with Gasteiger partial charge in [-0.05, 0) is 23.8 Å². The van der Waals surface area contributed by atoms with Crippen molar-refractivity contribution in [3.8, 4) is 0 Å². The molecule has 0 spiro atoms. The van der Waals surface area contributed by atoms with Crippen molar-refractivity contribution < 1.29 is 18.0 Å². The summed E-state index contributed by atoms with van der Waals surface area (Å²) >= 11 is 0. The number of rotatable bonds is 3. The lowest BCUT2D eigenvalue weighted by Crippen LogP contribution is -2.06. The van der Waals surface area contributed by atoms with E-state index in [1.165, 1.54) is 6.07 Å². The summed E-state index contributed by atoms with van der Waals surface area (Å²) in [6.45, 7) is 0.276. The summed E-state index contributed by atoms with van der Waals surface area (Å²) in [5.74, 6) is 0. The van der Waals surface area contributed by atoms with Gasteiger partial charge >= 0.3 is 6.18 Å². The Morgan fingerprint density at radius 3 is 2.55 bits per heavy atom. The maximum atomic E-state index is 12.8. The first-order valence-corrected chi connectivity index (χ1v) is 6.68. The molecule has 0 atom stereocenters. The topological polar surface area (TPSA) is 22.0 Å². The molecule has 0 amide bonds. The van der Waals surface area contributed by atoms with Crippen molar-refractivity contribution in [2.24, 2.45) is 0 Å². The van der Waals surface area contributed by atoms with Gasteiger partial charge in [0.05, 0.1) is 5.56 Å². The number of hydrogen-bond donors (Lipinski definition) is 0. The number of carbonyl (C=O) groups excluding carboxylic acids is 1. The van der Waals surface area contributed by atoms with Crippen LogP contribution in [0.2, 0.25) is 0 Å². The third-order valence-corrected chi connectivity index (χ3v) is 3.55. The molecule has 0 fully saturated rings.